The van der Waals surface area contributed by atoms with E-state index in [4.69, 9.17) is 0 Å². The van der Waals surface area contributed by atoms with Crippen LogP contribution in [-0.2, 0) is 17.8 Å². The molecule has 0 atom stereocenters. The molecule has 0 N–H and O–H groups in total. The lowest BCUT2D eigenvalue weighted by Gasteiger charge is -2.28. The first-order valence-electron chi connectivity index (χ1n) is 8.17. The van der Waals surface area contributed by atoms with E-state index in [2.05, 4.69) is 4.98 Å². The number of hydrogen-bond acceptors (Lipinski definition) is 4. The van der Waals surface area contributed by atoms with Crippen LogP contribution in [0.15, 0.2) is 64.4 Å². The Morgan fingerprint density at radius 3 is 2.76 bits per heavy atom. The molecule has 0 spiro atoms. The van der Waals surface area contributed by atoms with Gasteiger partial charge in [0.05, 0.1) is 23.6 Å². The number of amides is 1. The van der Waals surface area contributed by atoms with Crippen molar-refractivity contribution in [1.29, 1.82) is 0 Å². The van der Waals surface area contributed by atoms with Crippen molar-refractivity contribution in [2.45, 2.75) is 17.9 Å². The quantitative estimate of drug-likeness (QED) is 0.680. The Labute approximate surface area is 149 Å². The molecule has 1 aromatic carbocycles. The van der Waals surface area contributed by atoms with E-state index in [0.29, 0.717) is 36.5 Å². The molecular weight excluding hydrogens is 334 g/mol. The van der Waals surface area contributed by atoms with Crippen LogP contribution in [0.3, 0.4) is 0 Å². The Bertz CT molecular complexity index is 985. The van der Waals surface area contributed by atoms with Crippen molar-refractivity contribution >= 4 is 23.3 Å². The smallest absolute Gasteiger partial charge is 0.263 e. The number of benzene rings is 1. The number of pyridine rings is 1. The normalized spacial score (nSPS) is 13.7. The van der Waals surface area contributed by atoms with Crippen LogP contribution in [0.2, 0.25) is 0 Å². The molecule has 0 fully saturated rings. The Morgan fingerprint density at radius 2 is 1.92 bits per heavy atom. The molecule has 1 aliphatic heterocycles. The van der Waals surface area contributed by atoms with Crippen LogP contribution in [-0.4, -0.2) is 32.5 Å². The standard InChI is InChI=1S/C19H17N3O2S/c23-18(13-25-14-6-2-1-3-7-14)21-11-9-16-15(12-21)19(24)22-10-5-4-8-17(22)20-16/h1-8,10H,9,11-13H2. The van der Waals surface area contributed by atoms with E-state index in [0.717, 1.165) is 10.6 Å². The third-order valence-corrected chi connectivity index (χ3v) is 5.34. The van der Waals surface area contributed by atoms with Crippen molar-refractivity contribution in [3.05, 3.63) is 76.3 Å². The van der Waals surface area contributed by atoms with Gasteiger partial charge in [0.25, 0.3) is 5.56 Å². The summed E-state index contributed by atoms with van der Waals surface area (Å²) in [7, 11) is 0. The first kappa shape index (κ1) is 15.9. The summed E-state index contributed by atoms with van der Waals surface area (Å²) in [6.45, 7) is 0.948. The molecular formula is C19H17N3O2S. The summed E-state index contributed by atoms with van der Waals surface area (Å²) in [4.78, 5) is 32.6. The number of hydrogen-bond donors (Lipinski definition) is 0. The lowest BCUT2D eigenvalue weighted by atomic mass is 10.1. The van der Waals surface area contributed by atoms with Crippen LogP contribution in [0.1, 0.15) is 11.3 Å². The van der Waals surface area contributed by atoms with Crippen LogP contribution in [0.25, 0.3) is 5.65 Å². The zero-order valence-electron chi connectivity index (χ0n) is 13.6. The molecule has 4 rings (SSSR count). The van der Waals surface area contributed by atoms with Gasteiger partial charge in [0.1, 0.15) is 5.65 Å². The van der Waals surface area contributed by atoms with Crippen molar-refractivity contribution in [2.24, 2.45) is 0 Å². The summed E-state index contributed by atoms with van der Waals surface area (Å²) in [5, 5.41) is 0. The summed E-state index contributed by atoms with van der Waals surface area (Å²) in [6, 6.07) is 15.4. The summed E-state index contributed by atoms with van der Waals surface area (Å²) in [5.74, 6) is 0.430. The largest absolute Gasteiger partial charge is 0.337 e. The van der Waals surface area contributed by atoms with Crippen molar-refractivity contribution in [3.8, 4) is 0 Å². The second-order valence-electron chi connectivity index (χ2n) is 5.94. The molecule has 0 bridgehead atoms. The highest BCUT2D eigenvalue weighted by molar-refractivity contribution is 8.00. The van der Waals surface area contributed by atoms with Crippen molar-refractivity contribution in [3.63, 3.8) is 0 Å². The van der Waals surface area contributed by atoms with Crippen LogP contribution >= 0.6 is 11.8 Å². The predicted octanol–water partition coefficient (Wildman–Crippen LogP) is 2.37. The summed E-state index contributed by atoms with van der Waals surface area (Å²) in [6.07, 6.45) is 2.34. The molecule has 3 heterocycles. The third kappa shape index (κ3) is 3.17. The first-order chi connectivity index (χ1) is 12.2. The maximum atomic E-state index is 12.7. The third-order valence-electron chi connectivity index (χ3n) is 4.34. The maximum absolute atomic E-state index is 12.7. The number of aromatic nitrogens is 2. The predicted molar refractivity (Wildman–Crippen MR) is 97.7 cm³/mol. The average molecular weight is 351 g/mol. The fourth-order valence-electron chi connectivity index (χ4n) is 3.01. The number of thioether (sulfide) groups is 1. The number of carbonyl (C=O) groups excluding carboxylic acids is 1. The van der Waals surface area contributed by atoms with Gasteiger partial charge in [-0.3, -0.25) is 14.0 Å². The lowest BCUT2D eigenvalue weighted by Crippen LogP contribution is -2.41. The molecule has 1 aliphatic rings. The van der Waals surface area contributed by atoms with Gasteiger partial charge >= 0.3 is 0 Å². The van der Waals surface area contributed by atoms with Gasteiger partial charge in [-0.25, -0.2) is 4.98 Å². The first-order valence-corrected chi connectivity index (χ1v) is 9.16. The average Bonchev–Trinajstić information content (AvgIpc) is 2.67. The zero-order valence-corrected chi connectivity index (χ0v) is 14.4. The van der Waals surface area contributed by atoms with Crippen LogP contribution in [0.5, 0.6) is 0 Å². The van der Waals surface area contributed by atoms with Crippen molar-refractivity contribution in [2.75, 3.05) is 12.3 Å². The highest BCUT2D eigenvalue weighted by Gasteiger charge is 2.24. The maximum Gasteiger partial charge on any atom is 0.263 e. The van der Waals surface area contributed by atoms with Crippen molar-refractivity contribution in [1.82, 2.24) is 14.3 Å². The molecule has 1 amide bonds. The minimum absolute atomic E-state index is 0.0528. The second-order valence-corrected chi connectivity index (χ2v) is 6.99. The fourth-order valence-corrected chi connectivity index (χ4v) is 3.84. The van der Waals surface area contributed by atoms with Gasteiger partial charge in [-0.15, -0.1) is 11.8 Å². The molecule has 0 saturated carbocycles. The molecule has 3 aromatic rings. The summed E-state index contributed by atoms with van der Waals surface area (Å²) in [5.41, 5.74) is 2.03. The molecule has 6 heteroatoms. The van der Waals surface area contributed by atoms with E-state index < -0.39 is 0 Å². The Morgan fingerprint density at radius 1 is 1.12 bits per heavy atom. The summed E-state index contributed by atoms with van der Waals surface area (Å²) < 4.78 is 1.55. The van der Waals surface area contributed by atoms with Crippen molar-refractivity contribution < 1.29 is 4.79 Å². The monoisotopic (exact) mass is 351 g/mol. The Balaban J connectivity index is 1.53. The highest BCUT2D eigenvalue weighted by Crippen LogP contribution is 2.20. The Kier molecular flexibility index (Phi) is 4.28. The number of fused-ring (bicyclic) bond motifs is 2. The van der Waals surface area contributed by atoms with Crippen LogP contribution in [0, 0.1) is 0 Å². The van der Waals surface area contributed by atoms with E-state index in [1.807, 2.05) is 48.5 Å². The molecule has 2 aromatic heterocycles. The van der Waals surface area contributed by atoms with Gasteiger partial charge in [-0.2, -0.15) is 0 Å². The minimum atomic E-state index is -0.0752. The van der Waals surface area contributed by atoms with E-state index >= 15 is 0 Å². The van der Waals surface area contributed by atoms with Crippen LogP contribution < -0.4 is 5.56 Å². The Hall–Kier alpha value is -2.60. The van der Waals surface area contributed by atoms with E-state index in [9.17, 15) is 9.59 Å². The summed E-state index contributed by atoms with van der Waals surface area (Å²) >= 11 is 1.52. The SMILES string of the molecule is O=C(CSc1ccccc1)N1CCc2nc3ccccn3c(=O)c2C1. The van der Waals surface area contributed by atoms with Gasteiger partial charge < -0.3 is 4.90 Å². The molecule has 126 valence electrons. The molecule has 0 unspecified atom stereocenters. The minimum Gasteiger partial charge on any atom is -0.337 e. The second kappa shape index (κ2) is 6.72. The van der Waals surface area contributed by atoms with Gasteiger partial charge in [0.2, 0.25) is 5.91 Å². The lowest BCUT2D eigenvalue weighted by molar-refractivity contribution is -0.129. The number of nitrogens with zero attached hydrogens (tertiary/aromatic N) is 3. The topological polar surface area (TPSA) is 54.7 Å². The molecule has 5 nitrogen and oxygen atoms in total. The van der Waals surface area contributed by atoms with E-state index in [-0.39, 0.29) is 11.5 Å². The molecule has 25 heavy (non-hydrogen) atoms. The molecule has 0 radical (unpaired) electrons. The molecule has 0 aliphatic carbocycles. The zero-order chi connectivity index (χ0) is 17.2. The van der Waals surface area contributed by atoms with Crippen LogP contribution in [0.4, 0.5) is 0 Å². The highest BCUT2D eigenvalue weighted by atomic mass is 32.2. The van der Waals surface area contributed by atoms with Gasteiger partial charge in [-0.05, 0) is 24.3 Å². The fraction of sp³-hybridized carbons (Fsp3) is 0.211. The number of rotatable bonds is 3. The number of carbonyl (C=O) groups is 1. The molecule has 0 saturated heterocycles. The van der Waals surface area contributed by atoms with Gasteiger partial charge in [0.15, 0.2) is 0 Å². The van der Waals surface area contributed by atoms with E-state index in [1.54, 1.807) is 15.5 Å². The van der Waals surface area contributed by atoms with Gasteiger partial charge in [0, 0.05) is 24.1 Å². The van der Waals surface area contributed by atoms with Gasteiger partial charge in [-0.1, -0.05) is 24.3 Å². The van der Waals surface area contributed by atoms with E-state index in [1.165, 1.54) is 11.8 Å².